The fraction of sp³-hybridized carbons (Fsp3) is 0.714. The van der Waals surface area contributed by atoms with Gasteiger partial charge in [-0.25, -0.2) is 13.6 Å². The average molecular weight is 291 g/mol. The van der Waals surface area contributed by atoms with Gasteiger partial charge in [-0.2, -0.15) is 0 Å². The molecule has 0 amide bonds. The molecule has 4 nitrogen and oxygen atoms in total. The maximum Gasteiger partial charge on any atom is 0.343 e. The van der Waals surface area contributed by atoms with Crippen LogP contribution in [0.25, 0.3) is 0 Å². The van der Waals surface area contributed by atoms with E-state index in [-0.39, 0.29) is 0 Å². The summed E-state index contributed by atoms with van der Waals surface area (Å²) in [5, 5.41) is 0. The zero-order chi connectivity index (χ0) is 15.5. The lowest BCUT2D eigenvalue weighted by molar-refractivity contribution is -0.140. The van der Waals surface area contributed by atoms with Crippen molar-refractivity contribution in [3.8, 4) is 0 Å². The molecule has 0 aromatic rings. The van der Waals surface area contributed by atoms with E-state index in [4.69, 9.17) is 0 Å². The molecule has 116 valence electrons. The molecule has 6 heteroatoms. The molecule has 0 spiro atoms. The first-order valence-corrected chi connectivity index (χ1v) is 6.84. The Morgan fingerprint density at radius 1 is 1.15 bits per heavy atom. The van der Waals surface area contributed by atoms with Crippen LogP contribution in [0.3, 0.4) is 0 Å². The normalized spacial score (nSPS) is 11.6. The molecular formula is C14H23F2NO3. The second-order valence-corrected chi connectivity index (χ2v) is 4.44. The molecule has 0 fully saturated rings. The first kappa shape index (κ1) is 18.5. The van der Waals surface area contributed by atoms with Gasteiger partial charge in [0.05, 0.1) is 7.11 Å². The number of alkyl halides is 2. The van der Waals surface area contributed by atoms with Crippen LogP contribution in [0.5, 0.6) is 0 Å². The van der Waals surface area contributed by atoms with Crippen LogP contribution in [0.15, 0.2) is 11.8 Å². The molecule has 0 aromatic heterocycles. The number of carbonyl (C=O) groups is 2. The highest BCUT2D eigenvalue weighted by molar-refractivity contribution is 6.18. The average Bonchev–Trinajstić information content (AvgIpc) is 2.44. The highest BCUT2D eigenvalue weighted by atomic mass is 19.3. The van der Waals surface area contributed by atoms with Gasteiger partial charge in [-0.05, 0) is 12.8 Å². The zero-order valence-electron chi connectivity index (χ0n) is 12.3. The second kappa shape index (κ2) is 10.3. The number of carbonyl (C=O) groups excluding carboxylic acids is 2. The molecular weight excluding hydrogens is 268 g/mol. The van der Waals surface area contributed by atoms with Crippen molar-refractivity contribution in [3.63, 3.8) is 0 Å². The third kappa shape index (κ3) is 6.63. The molecule has 0 aliphatic heterocycles. The molecule has 0 saturated carbocycles. The lowest BCUT2D eigenvalue weighted by atomic mass is 10.1. The van der Waals surface area contributed by atoms with Gasteiger partial charge in [0, 0.05) is 19.3 Å². The highest BCUT2D eigenvalue weighted by Crippen LogP contribution is 2.11. The fourth-order valence-electron chi connectivity index (χ4n) is 1.59. The van der Waals surface area contributed by atoms with Crippen LogP contribution in [0, 0.1) is 0 Å². The summed E-state index contributed by atoms with van der Waals surface area (Å²) in [5.41, 5.74) is -0.588. The van der Waals surface area contributed by atoms with Crippen molar-refractivity contribution in [2.24, 2.45) is 0 Å². The minimum absolute atomic E-state index is 0.588. The van der Waals surface area contributed by atoms with E-state index in [9.17, 15) is 18.4 Å². The highest BCUT2D eigenvalue weighted by Gasteiger charge is 2.27. The minimum Gasteiger partial charge on any atom is -0.465 e. The van der Waals surface area contributed by atoms with Crippen molar-refractivity contribution in [2.45, 2.75) is 46.0 Å². The van der Waals surface area contributed by atoms with Crippen LogP contribution >= 0.6 is 0 Å². The first-order valence-electron chi connectivity index (χ1n) is 6.84. The molecule has 0 heterocycles. The molecule has 0 rings (SSSR count). The molecule has 20 heavy (non-hydrogen) atoms. The van der Waals surface area contributed by atoms with E-state index in [0.717, 1.165) is 32.8 Å². The van der Waals surface area contributed by atoms with Crippen LogP contribution < -0.4 is 0 Å². The number of rotatable bonds is 10. The van der Waals surface area contributed by atoms with Gasteiger partial charge in [0.2, 0.25) is 5.78 Å². The molecule has 0 aliphatic rings. The van der Waals surface area contributed by atoms with Crippen LogP contribution in [-0.4, -0.2) is 43.3 Å². The van der Waals surface area contributed by atoms with Crippen molar-refractivity contribution >= 4 is 11.8 Å². The van der Waals surface area contributed by atoms with E-state index in [1.54, 1.807) is 4.90 Å². The lowest BCUT2D eigenvalue weighted by Crippen LogP contribution is -2.27. The smallest absolute Gasteiger partial charge is 0.343 e. The van der Waals surface area contributed by atoms with E-state index < -0.39 is 23.8 Å². The SMILES string of the molecule is CCCCN(C=C(C(=O)OC)C(=O)C(F)F)CCCC. The summed E-state index contributed by atoms with van der Waals surface area (Å²) >= 11 is 0. The van der Waals surface area contributed by atoms with Gasteiger partial charge < -0.3 is 9.64 Å². The van der Waals surface area contributed by atoms with Crippen molar-refractivity contribution in [1.82, 2.24) is 4.90 Å². The Kier molecular flexibility index (Phi) is 9.59. The zero-order valence-corrected chi connectivity index (χ0v) is 12.3. The topological polar surface area (TPSA) is 46.6 Å². The monoisotopic (exact) mass is 291 g/mol. The van der Waals surface area contributed by atoms with Gasteiger partial charge >= 0.3 is 12.4 Å². The third-order valence-electron chi connectivity index (χ3n) is 2.78. The summed E-state index contributed by atoms with van der Waals surface area (Å²) in [6.07, 6.45) is 1.60. The van der Waals surface area contributed by atoms with Crippen molar-refractivity contribution in [3.05, 3.63) is 11.8 Å². The van der Waals surface area contributed by atoms with Crippen LogP contribution in [0.2, 0.25) is 0 Å². The van der Waals surface area contributed by atoms with Gasteiger partial charge in [0.25, 0.3) is 0 Å². The van der Waals surface area contributed by atoms with E-state index in [1.165, 1.54) is 6.20 Å². The minimum atomic E-state index is -3.21. The van der Waals surface area contributed by atoms with Gasteiger partial charge in [-0.3, -0.25) is 4.79 Å². The van der Waals surface area contributed by atoms with E-state index in [1.807, 2.05) is 13.8 Å². The molecule has 0 radical (unpaired) electrons. The summed E-state index contributed by atoms with van der Waals surface area (Å²) < 4.78 is 29.4. The van der Waals surface area contributed by atoms with Crippen LogP contribution in [0.4, 0.5) is 8.78 Å². The van der Waals surface area contributed by atoms with Crippen molar-refractivity contribution in [2.75, 3.05) is 20.2 Å². The number of hydrogen-bond acceptors (Lipinski definition) is 4. The fourth-order valence-corrected chi connectivity index (χ4v) is 1.59. The number of hydrogen-bond donors (Lipinski definition) is 0. The number of ketones is 1. The maximum absolute atomic E-state index is 12.5. The molecule has 0 unspecified atom stereocenters. The van der Waals surface area contributed by atoms with E-state index in [0.29, 0.717) is 13.1 Å². The Hall–Kier alpha value is -1.46. The Bertz CT molecular complexity index is 335. The molecule has 0 saturated heterocycles. The Morgan fingerprint density at radius 2 is 1.65 bits per heavy atom. The Morgan fingerprint density at radius 3 is 2.00 bits per heavy atom. The number of methoxy groups -OCH3 is 1. The number of ether oxygens (including phenoxy) is 1. The number of esters is 1. The summed E-state index contributed by atoms with van der Waals surface area (Å²) in [4.78, 5) is 24.6. The lowest BCUT2D eigenvalue weighted by Gasteiger charge is -2.21. The quantitative estimate of drug-likeness (QED) is 0.269. The summed E-state index contributed by atoms with van der Waals surface area (Å²) in [5.74, 6) is -2.51. The number of nitrogens with zero attached hydrogens (tertiary/aromatic N) is 1. The number of unbranched alkanes of at least 4 members (excludes halogenated alkanes) is 2. The van der Waals surface area contributed by atoms with Gasteiger partial charge in [0.1, 0.15) is 5.57 Å². The van der Waals surface area contributed by atoms with Gasteiger partial charge in [0.15, 0.2) is 0 Å². The maximum atomic E-state index is 12.5. The molecule has 0 N–H and O–H groups in total. The van der Waals surface area contributed by atoms with Crippen LogP contribution in [-0.2, 0) is 14.3 Å². The molecule has 0 aliphatic carbocycles. The van der Waals surface area contributed by atoms with E-state index >= 15 is 0 Å². The molecule has 0 atom stereocenters. The molecule has 0 bridgehead atoms. The number of Topliss-reactive ketones (excluding diaryl/α,β-unsaturated/α-hetero) is 1. The first-order chi connectivity index (χ1) is 9.47. The predicted molar refractivity (Wildman–Crippen MR) is 72.5 cm³/mol. The van der Waals surface area contributed by atoms with Crippen molar-refractivity contribution < 1.29 is 23.1 Å². The van der Waals surface area contributed by atoms with Crippen molar-refractivity contribution in [1.29, 1.82) is 0 Å². The Labute approximate surface area is 118 Å². The van der Waals surface area contributed by atoms with Gasteiger partial charge in [-0.1, -0.05) is 26.7 Å². The molecule has 0 aromatic carbocycles. The van der Waals surface area contributed by atoms with E-state index in [2.05, 4.69) is 4.74 Å². The second-order valence-electron chi connectivity index (χ2n) is 4.44. The largest absolute Gasteiger partial charge is 0.465 e. The summed E-state index contributed by atoms with van der Waals surface area (Å²) in [6, 6.07) is 0. The van der Waals surface area contributed by atoms with Crippen LogP contribution in [0.1, 0.15) is 39.5 Å². The van der Waals surface area contributed by atoms with Gasteiger partial charge in [-0.15, -0.1) is 0 Å². The summed E-state index contributed by atoms with van der Waals surface area (Å²) in [7, 11) is 1.07. The number of halogens is 2. The predicted octanol–water partition coefficient (Wildman–Crippen LogP) is 2.78. The Balaban J connectivity index is 5.12. The third-order valence-corrected chi connectivity index (χ3v) is 2.78. The standard InChI is InChI=1S/C14H23F2NO3/c1-4-6-8-17(9-7-5-2)10-11(14(19)20-3)12(18)13(15)16/h10,13H,4-9H2,1-3H3. The summed E-state index contributed by atoms with van der Waals surface area (Å²) in [6.45, 7) is 5.25.